The molecular weight excluding hydrogens is 292 g/mol. The van der Waals surface area contributed by atoms with Gasteiger partial charge in [-0.15, -0.1) is 0 Å². The van der Waals surface area contributed by atoms with Crippen LogP contribution in [-0.4, -0.2) is 16.7 Å². The number of para-hydroxylation sites is 2. The highest BCUT2D eigenvalue weighted by Gasteiger charge is 2.09. The predicted molar refractivity (Wildman–Crippen MR) is 87.4 cm³/mol. The summed E-state index contributed by atoms with van der Waals surface area (Å²) in [7, 11) is 0. The Balaban J connectivity index is 1.61. The number of benzene rings is 2. The Morgan fingerprint density at radius 2 is 1.96 bits per heavy atom. The number of amides is 1. The second kappa shape index (κ2) is 6.44. The molecule has 0 spiro atoms. The van der Waals surface area contributed by atoms with Gasteiger partial charge in [0.25, 0.3) is 0 Å². The molecule has 0 unspecified atom stereocenters. The van der Waals surface area contributed by atoms with Gasteiger partial charge in [-0.3, -0.25) is 9.59 Å². The van der Waals surface area contributed by atoms with Crippen LogP contribution in [0.15, 0.2) is 52.9 Å². The fourth-order valence-corrected chi connectivity index (χ4v) is 2.29. The van der Waals surface area contributed by atoms with Gasteiger partial charge in [0.15, 0.2) is 17.3 Å². The van der Waals surface area contributed by atoms with Crippen molar-refractivity contribution in [3.63, 3.8) is 0 Å². The van der Waals surface area contributed by atoms with Gasteiger partial charge < -0.3 is 9.73 Å². The molecule has 116 valence electrons. The molecule has 0 bridgehead atoms. The quantitative estimate of drug-likeness (QED) is 0.731. The van der Waals surface area contributed by atoms with Crippen molar-refractivity contribution in [2.24, 2.45) is 0 Å². The number of aromatic nitrogens is 1. The molecule has 0 saturated carbocycles. The van der Waals surface area contributed by atoms with Crippen LogP contribution in [0.3, 0.4) is 0 Å². The van der Waals surface area contributed by atoms with Crippen molar-refractivity contribution in [1.29, 1.82) is 0 Å². The van der Waals surface area contributed by atoms with E-state index in [9.17, 15) is 9.59 Å². The summed E-state index contributed by atoms with van der Waals surface area (Å²) in [6.45, 7) is 1.49. The minimum atomic E-state index is -0.145. The number of fused-ring (bicyclic) bond motifs is 1. The van der Waals surface area contributed by atoms with Gasteiger partial charge in [-0.1, -0.05) is 24.3 Å². The topological polar surface area (TPSA) is 72.2 Å². The van der Waals surface area contributed by atoms with E-state index in [-0.39, 0.29) is 18.1 Å². The Morgan fingerprint density at radius 1 is 1.13 bits per heavy atom. The molecule has 0 aliphatic rings. The van der Waals surface area contributed by atoms with Crippen LogP contribution in [0.25, 0.3) is 11.1 Å². The van der Waals surface area contributed by atoms with Crippen molar-refractivity contribution in [3.05, 3.63) is 60.0 Å². The maximum Gasteiger partial charge on any atom is 0.224 e. The molecule has 0 aliphatic carbocycles. The van der Waals surface area contributed by atoms with E-state index in [2.05, 4.69) is 10.3 Å². The van der Waals surface area contributed by atoms with Gasteiger partial charge in [-0.05, 0) is 31.2 Å². The first-order valence-electron chi connectivity index (χ1n) is 7.37. The maximum atomic E-state index is 12.0. The van der Waals surface area contributed by atoms with E-state index in [1.165, 1.54) is 6.92 Å². The number of rotatable bonds is 5. The van der Waals surface area contributed by atoms with E-state index < -0.39 is 0 Å². The lowest BCUT2D eigenvalue weighted by Gasteiger charge is -2.05. The number of carbonyl (C=O) groups excluding carboxylic acids is 2. The van der Waals surface area contributed by atoms with Crippen LogP contribution in [-0.2, 0) is 11.2 Å². The largest absolute Gasteiger partial charge is 0.441 e. The van der Waals surface area contributed by atoms with Gasteiger partial charge >= 0.3 is 0 Å². The number of anilines is 1. The smallest absolute Gasteiger partial charge is 0.224 e. The molecule has 1 aromatic heterocycles. The van der Waals surface area contributed by atoms with Crippen LogP contribution in [0.2, 0.25) is 0 Å². The zero-order valence-corrected chi connectivity index (χ0v) is 12.7. The summed E-state index contributed by atoms with van der Waals surface area (Å²) in [5.41, 5.74) is 2.69. The van der Waals surface area contributed by atoms with Gasteiger partial charge in [-0.2, -0.15) is 0 Å². The minimum Gasteiger partial charge on any atom is -0.441 e. The third-order valence-electron chi connectivity index (χ3n) is 3.46. The number of nitrogens with one attached hydrogen (secondary N) is 1. The Bertz CT molecular complexity index is 834. The number of oxazole rings is 1. The number of aryl methyl sites for hydroxylation is 1. The van der Waals surface area contributed by atoms with E-state index in [0.29, 0.717) is 23.6 Å². The molecule has 23 heavy (non-hydrogen) atoms. The number of hydrogen-bond acceptors (Lipinski definition) is 4. The number of carbonyl (C=O) groups is 2. The molecular formula is C18H16N2O3. The van der Waals surface area contributed by atoms with Crippen molar-refractivity contribution < 1.29 is 14.0 Å². The average Bonchev–Trinajstić information content (AvgIpc) is 2.96. The fourth-order valence-electron chi connectivity index (χ4n) is 2.29. The Hall–Kier alpha value is -2.95. The van der Waals surface area contributed by atoms with Gasteiger partial charge in [0.2, 0.25) is 5.91 Å². The lowest BCUT2D eigenvalue weighted by molar-refractivity contribution is -0.116. The molecule has 3 rings (SSSR count). The third-order valence-corrected chi connectivity index (χ3v) is 3.46. The Morgan fingerprint density at radius 3 is 2.74 bits per heavy atom. The molecule has 1 amide bonds. The zero-order valence-electron chi connectivity index (χ0n) is 12.7. The van der Waals surface area contributed by atoms with Crippen molar-refractivity contribution in [2.75, 3.05) is 5.32 Å². The molecule has 0 aliphatic heterocycles. The number of ketones is 1. The van der Waals surface area contributed by atoms with E-state index in [1.807, 2.05) is 24.3 Å². The van der Waals surface area contributed by atoms with Crippen LogP contribution in [0, 0.1) is 0 Å². The standard InChI is InChI=1S/C18H16N2O3/c1-12(21)13-5-4-6-14(11-13)19-17(22)9-10-18-20-15-7-2-3-8-16(15)23-18/h2-8,11H,9-10H2,1H3,(H,19,22). The van der Waals surface area contributed by atoms with E-state index >= 15 is 0 Å². The molecule has 0 atom stereocenters. The van der Waals surface area contributed by atoms with E-state index in [0.717, 1.165) is 11.1 Å². The first-order chi connectivity index (χ1) is 11.1. The van der Waals surface area contributed by atoms with Crippen LogP contribution >= 0.6 is 0 Å². The molecule has 5 heteroatoms. The molecule has 5 nitrogen and oxygen atoms in total. The third kappa shape index (κ3) is 3.63. The van der Waals surface area contributed by atoms with Gasteiger partial charge in [0.05, 0.1) is 0 Å². The summed E-state index contributed by atoms with van der Waals surface area (Å²) in [5, 5.41) is 2.78. The highest BCUT2D eigenvalue weighted by molar-refractivity contribution is 5.97. The summed E-state index contributed by atoms with van der Waals surface area (Å²) >= 11 is 0. The van der Waals surface area contributed by atoms with Gasteiger partial charge in [0.1, 0.15) is 5.52 Å². The maximum absolute atomic E-state index is 12.0. The summed E-state index contributed by atoms with van der Waals surface area (Å²) in [6.07, 6.45) is 0.685. The second-order valence-electron chi connectivity index (χ2n) is 5.26. The lowest BCUT2D eigenvalue weighted by atomic mass is 10.1. The molecule has 1 N–H and O–H groups in total. The molecule has 1 heterocycles. The SMILES string of the molecule is CC(=O)c1cccc(NC(=O)CCc2nc3ccccc3o2)c1. The average molecular weight is 308 g/mol. The first-order valence-corrected chi connectivity index (χ1v) is 7.37. The van der Waals surface area contributed by atoms with Gasteiger partial charge in [0, 0.05) is 24.1 Å². The zero-order chi connectivity index (χ0) is 16.2. The van der Waals surface area contributed by atoms with Crippen molar-refractivity contribution >= 4 is 28.5 Å². The van der Waals surface area contributed by atoms with Crippen LogP contribution in [0.4, 0.5) is 5.69 Å². The minimum absolute atomic E-state index is 0.0347. The first kappa shape index (κ1) is 15.0. The summed E-state index contributed by atoms with van der Waals surface area (Å²) in [5.74, 6) is 0.361. The van der Waals surface area contributed by atoms with Crippen molar-refractivity contribution in [2.45, 2.75) is 19.8 Å². The van der Waals surface area contributed by atoms with Crippen LogP contribution < -0.4 is 5.32 Å². The Labute approximate surface area is 133 Å². The number of hydrogen-bond donors (Lipinski definition) is 1. The van der Waals surface area contributed by atoms with Crippen molar-refractivity contribution in [3.8, 4) is 0 Å². The highest BCUT2D eigenvalue weighted by atomic mass is 16.3. The predicted octanol–water partition coefficient (Wildman–Crippen LogP) is 3.60. The fraction of sp³-hybridized carbons (Fsp3) is 0.167. The van der Waals surface area contributed by atoms with Crippen LogP contribution in [0.1, 0.15) is 29.6 Å². The van der Waals surface area contributed by atoms with Crippen molar-refractivity contribution in [1.82, 2.24) is 4.98 Å². The van der Waals surface area contributed by atoms with E-state index in [4.69, 9.17) is 4.42 Å². The molecule has 3 aromatic rings. The number of nitrogens with zero attached hydrogens (tertiary/aromatic N) is 1. The monoisotopic (exact) mass is 308 g/mol. The molecule has 2 aromatic carbocycles. The Kier molecular flexibility index (Phi) is 4.19. The molecule has 0 saturated heterocycles. The lowest BCUT2D eigenvalue weighted by Crippen LogP contribution is -2.12. The van der Waals surface area contributed by atoms with Crippen LogP contribution in [0.5, 0.6) is 0 Å². The summed E-state index contributed by atoms with van der Waals surface area (Å²) < 4.78 is 5.58. The molecule has 0 radical (unpaired) electrons. The second-order valence-corrected chi connectivity index (χ2v) is 5.26. The number of Topliss-reactive ketones (excluding diaryl/α,β-unsaturated/α-hetero) is 1. The van der Waals surface area contributed by atoms with E-state index in [1.54, 1.807) is 24.3 Å². The van der Waals surface area contributed by atoms with Gasteiger partial charge in [-0.25, -0.2) is 4.98 Å². The molecule has 0 fully saturated rings. The normalized spacial score (nSPS) is 10.7. The summed E-state index contributed by atoms with van der Waals surface area (Å²) in [4.78, 5) is 27.7. The highest BCUT2D eigenvalue weighted by Crippen LogP contribution is 2.16. The summed E-state index contributed by atoms with van der Waals surface area (Å²) in [6, 6.07) is 14.4.